The van der Waals surface area contributed by atoms with Crippen molar-refractivity contribution in [2.75, 3.05) is 6.61 Å². The molecule has 0 aliphatic carbocycles. The Labute approximate surface area is 145 Å². The maximum atomic E-state index is 12.9. The van der Waals surface area contributed by atoms with Gasteiger partial charge in [-0.15, -0.1) is 11.3 Å². The molecule has 1 aromatic heterocycles. The number of allylic oxidation sites excluding steroid dienone is 1. The highest BCUT2D eigenvalue weighted by Gasteiger charge is 2.43. The summed E-state index contributed by atoms with van der Waals surface area (Å²) in [6.07, 6.45) is -4.34. The van der Waals surface area contributed by atoms with Crippen molar-refractivity contribution in [3.05, 3.63) is 51.7 Å². The molecule has 0 saturated heterocycles. The molecule has 132 valence electrons. The lowest BCUT2D eigenvalue weighted by Gasteiger charge is -2.10. The summed E-state index contributed by atoms with van der Waals surface area (Å²) < 4.78 is 43.7. The smallest absolute Gasteiger partial charge is 0.455 e. The lowest BCUT2D eigenvalue weighted by Crippen LogP contribution is -2.28. The van der Waals surface area contributed by atoms with Crippen LogP contribution in [0.4, 0.5) is 13.2 Å². The number of carbonyl (C=O) groups is 2. The molecule has 0 saturated carbocycles. The Morgan fingerprint density at radius 1 is 1.28 bits per heavy atom. The van der Waals surface area contributed by atoms with Gasteiger partial charge in [0.15, 0.2) is 11.5 Å². The minimum atomic E-state index is -5.18. The van der Waals surface area contributed by atoms with Crippen molar-refractivity contribution >= 4 is 29.0 Å². The predicted octanol–water partition coefficient (Wildman–Crippen LogP) is 4.25. The molecule has 0 aliphatic rings. The minimum Gasteiger partial charge on any atom is -0.504 e. The SMILES string of the molecule is CCOc1cc(/C=C(\C(=O)c2cccs2)C(=O)C(F)(F)F)ccc1O. The van der Waals surface area contributed by atoms with E-state index in [1.54, 1.807) is 6.92 Å². The number of ether oxygens (including phenoxy) is 1. The average Bonchev–Trinajstić information content (AvgIpc) is 3.08. The fourth-order valence-electron chi connectivity index (χ4n) is 1.99. The molecule has 0 radical (unpaired) electrons. The quantitative estimate of drug-likeness (QED) is 0.357. The molecule has 2 aromatic rings. The van der Waals surface area contributed by atoms with E-state index in [4.69, 9.17) is 4.74 Å². The van der Waals surface area contributed by atoms with Crippen molar-refractivity contribution in [1.82, 2.24) is 0 Å². The average molecular weight is 370 g/mol. The van der Waals surface area contributed by atoms with E-state index in [2.05, 4.69) is 0 Å². The van der Waals surface area contributed by atoms with Crippen LogP contribution in [0.2, 0.25) is 0 Å². The number of alkyl halides is 3. The fourth-order valence-corrected chi connectivity index (χ4v) is 2.66. The van der Waals surface area contributed by atoms with E-state index in [9.17, 15) is 27.9 Å². The topological polar surface area (TPSA) is 63.6 Å². The van der Waals surface area contributed by atoms with Gasteiger partial charge in [-0.3, -0.25) is 9.59 Å². The molecular weight excluding hydrogens is 357 g/mol. The van der Waals surface area contributed by atoms with Crippen LogP contribution < -0.4 is 4.74 Å². The molecule has 0 fully saturated rings. The van der Waals surface area contributed by atoms with Gasteiger partial charge in [0.2, 0.25) is 5.78 Å². The lowest BCUT2D eigenvalue weighted by molar-refractivity contribution is -0.166. The Morgan fingerprint density at radius 2 is 2.00 bits per heavy atom. The van der Waals surface area contributed by atoms with Crippen LogP contribution in [0.5, 0.6) is 11.5 Å². The highest BCUT2D eigenvalue weighted by atomic mass is 32.1. The molecule has 0 atom stereocenters. The number of hydrogen-bond donors (Lipinski definition) is 1. The molecule has 8 heteroatoms. The number of halogens is 3. The Bertz CT molecular complexity index is 808. The normalized spacial score (nSPS) is 12.1. The third kappa shape index (κ3) is 4.48. The Morgan fingerprint density at radius 3 is 2.56 bits per heavy atom. The molecule has 2 rings (SSSR count). The largest absolute Gasteiger partial charge is 0.504 e. The van der Waals surface area contributed by atoms with Crippen molar-refractivity contribution in [3.8, 4) is 11.5 Å². The molecule has 25 heavy (non-hydrogen) atoms. The van der Waals surface area contributed by atoms with Crippen LogP contribution in [0.1, 0.15) is 22.2 Å². The molecule has 4 nitrogen and oxygen atoms in total. The molecule has 0 bridgehead atoms. The lowest BCUT2D eigenvalue weighted by atomic mass is 10.0. The van der Waals surface area contributed by atoms with Gasteiger partial charge in [0.25, 0.3) is 5.78 Å². The molecule has 0 spiro atoms. The van der Waals surface area contributed by atoms with Crippen LogP contribution in [0.25, 0.3) is 6.08 Å². The molecule has 1 aromatic carbocycles. The summed E-state index contributed by atoms with van der Waals surface area (Å²) in [5.74, 6) is -3.40. The predicted molar refractivity (Wildman–Crippen MR) is 87.0 cm³/mol. The van der Waals surface area contributed by atoms with E-state index in [1.807, 2.05) is 0 Å². The van der Waals surface area contributed by atoms with Gasteiger partial charge in [-0.05, 0) is 42.1 Å². The van der Waals surface area contributed by atoms with Gasteiger partial charge in [0.1, 0.15) is 0 Å². The van der Waals surface area contributed by atoms with Crippen LogP contribution in [0, 0.1) is 0 Å². The summed E-state index contributed by atoms with van der Waals surface area (Å²) in [6, 6.07) is 6.59. The second-order valence-corrected chi connectivity index (χ2v) is 5.80. The number of phenols is 1. The summed E-state index contributed by atoms with van der Waals surface area (Å²) >= 11 is 0.937. The first-order valence-electron chi connectivity index (χ1n) is 7.11. The fraction of sp³-hybridized carbons (Fsp3) is 0.176. The van der Waals surface area contributed by atoms with Crippen molar-refractivity contribution < 1.29 is 32.6 Å². The maximum absolute atomic E-state index is 12.9. The number of hydrogen-bond acceptors (Lipinski definition) is 5. The Hall–Kier alpha value is -2.61. The van der Waals surface area contributed by atoms with E-state index in [0.717, 1.165) is 17.4 Å². The van der Waals surface area contributed by atoms with Gasteiger partial charge in [0, 0.05) is 0 Å². The van der Waals surface area contributed by atoms with E-state index >= 15 is 0 Å². The molecule has 1 N–H and O–H groups in total. The van der Waals surface area contributed by atoms with Crippen molar-refractivity contribution in [3.63, 3.8) is 0 Å². The van der Waals surface area contributed by atoms with Crippen LogP contribution in [0.3, 0.4) is 0 Å². The Balaban J connectivity index is 2.52. The third-order valence-electron chi connectivity index (χ3n) is 3.09. The molecule has 0 amide bonds. The zero-order valence-electron chi connectivity index (χ0n) is 13.0. The monoisotopic (exact) mass is 370 g/mol. The van der Waals surface area contributed by atoms with E-state index in [0.29, 0.717) is 0 Å². The number of carbonyl (C=O) groups excluding carboxylic acids is 2. The second kappa shape index (κ2) is 7.52. The number of benzene rings is 1. The minimum absolute atomic E-state index is 0.0210. The van der Waals surface area contributed by atoms with Crippen molar-refractivity contribution in [2.24, 2.45) is 0 Å². The number of rotatable bonds is 6. The number of ketones is 2. The highest BCUT2D eigenvalue weighted by Crippen LogP contribution is 2.30. The summed E-state index contributed by atoms with van der Waals surface area (Å²) in [5.41, 5.74) is -0.873. The molecule has 0 aliphatic heterocycles. The molecular formula is C17H13F3O4S. The number of phenolic OH excluding ortho intramolecular Hbond substituents is 1. The molecule has 0 unspecified atom stereocenters. The highest BCUT2D eigenvalue weighted by molar-refractivity contribution is 7.12. The van der Waals surface area contributed by atoms with E-state index < -0.39 is 23.3 Å². The molecule has 1 heterocycles. The summed E-state index contributed by atoms with van der Waals surface area (Å²) in [5, 5.41) is 11.2. The van der Waals surface area contributed by atoms with Gasteiger partial charge in [-0.2, -0.15) is 13.2 Å². The van der Waals surface area contributed by atoms with E-state index in [-0.39, 0.29) is 28.5 Å². The first-order chi connectivity index (χ1) is 11.7. The standard InChI is InChI=1S/C17H13F3O4S/c1-2-24-13-9-10(5-6-12(13)21)8-11(16(23)17(18,19)20)15(22)14-4-3-7-25-14/h3-9,21H,2H2,1H3/b11-8+. The number of thiophene rings is 1. The van der Waals surface area contributed by atoms with Crippen LogP contribution in [0.15, 0.2) is 41.3 Å². The Kier molecular flexibility index (Phi) is 5.63. The first kappa shape index (κ1) is 18.7. The number of aromatic hydroxyl groups is 1. The van der Waals surface area contributed by atoms with Gasteiger partial charge in [0.05, 0.1) is 17.1 Å². The van der Waals surface area contributed by atoms with Crippen LogP contribution in [-0.2, 0) is 4.79 Å². The summed E-state index contributed by atoms with van der Waals surface area (Å²) in [7, 11) is 0. The van der Waals surface area contributed by atoms with Gasteiger partial charge < -0.3 is 9.84 Å². The maximum Gasteiger partial charge on any atom is 0.455 e. The second-order valence-electron chi connectivity index (χ2n) is 4.85. The summed E-state index contributed by atoms with van der Waals surface area (Å²) in [4.78, 5) is 24.0. The summed E-state index contributed by atoms with van der Waals surface area (Å²) in [6.45, 7) is 1.89. The van der Waals surface area contributed by atoms with Crippen LogP contribution >= 0.6 is 11.3 Å². The van der Waals surface area contributed by atoms with Gasteiger partial charge in [-0.25, -0.2) is 0 Å². The van der Waals surface area contributed by atoms with Crippen LogP contribution in [-0.4, -0.2) is 29.5 Å². The van der Waals surface area contributed by atoms with Gasteiger partial charge >= 0.3 is 6.18 Å². The van der Waals surface area contributed by atoms with Crippen molar-refractivity contribution in [1.29, 1.82) is 0 Å². The zero-order valence-corrected chi connectivity index (χ0v) is 13.8. The van der Waals surface area contributed by atoms with Crippen molar-refractivity contribution in [2.45, 2.75) is 13.1 Å². The van der Waals surface area contributed by atoms with E-state index in [1.165, 1.54) is 35.7 Å². The first-order valence-corrected chi connectivity index (χ1v) is 7.99. The zero-order chi connectivity index (χ0) is 18.6. The number of Topliss-reactive ketones (excluding diaryl/α,β-unsaturated/α-hetero) is 2. The van der Waals surface area contributed by atoms with Gasteiger partial charge in [-0.1, -0.05) is 12.1 Å². The third-order valence-corrected chi connectivity index (χ3v) is 3.96.